The van der Waals surface area contributed by atoms with E-state index in [4.69, 9.17) is 4.74 Å². The van der Waals surface area contributed by atoms with Crippen molar-refractivity contribution in [3.8, 4) is 5.75 Å². The number of hydrogen-bond donors (Lipinski definition) is 1. The number of methoxy groups -OCH3 is 1. The first kappa shape index (κ1) is 16.4. The van der Waals surface area contributed by atoms with E-state index in [2.05, 4.69) is 50.5 Å². The van der Waals surface area contributed by atoms with Gasteiger partial charge in [0.15, 0.2) is 0 Å². The second kappa shape index (κ2) is 7.44. The zero-order chi connectivity index (χ0) is 17.8. The molecule has 3 aromatic rings. The molecule has 0 fully saturated rings. The largest absolute Gasteiger partial charge is 0.496 e. The fraction of sp³-hybridized carbons (Fsp3) is 0.238. The topological polar surface area (TPSA) is 50.3 Å². The third-order valence-corrected chi connectivity index (χ3v) is 4.71. The van der Waals surface area contributed by atoms with Crippen molar-refractivity contribution in [1.29, 1.82) is 0 Å². The van der Waals surface area contributed by atoms with E-state index >= 15 is 0 Å². The van der Waals surface area contributed by atoms with Crippen LogP contribution in [0, 0.1) is 0 Å². The molecule has 1 N–H and O–H groups in total. The molecular formula is C21H22N4O. The summed E-state index contributed by atoms with van der Waals surface area (Å²) in [4.78, 5) is 11.1. The molecule has 1 aliphatic rings. The predicted octanol–water partition coefficient (Wildman–Crippen LogP) is 3.83. The number of hydrogen-bond acceptors (Lipinski definition) is 5. The van der Waals surface area contributed by atoms with Crippen LogP contribution in [0.4, 0.5) is 17.3 Å². The van der Waals surface area contributed by atoms with Crippen molar-refractivity contribution in [3.63, 3.8) is 0 Å². The van der Waals surface area contributed by atoms with Crippen molar-refractivity contribution in [1.82, 2.24) is 9.97 Å². The lowest BCUT2D eigenvalue weighted by atomic mass is 10.1. The summed E-state index contributed by atoms with van der Waals surface area (Å²) in [5.74, 6) is 2.70. The van der Waals surface area contributed by atoms with Gasteiger partial charge in [0.05, 0.1) is 7.11 Å². The Labute approximate surface area is 153 Å². The fourth-order valence-electron chi connectivity index (χ4n) is 3.40. The van der Waals surface area contributed by atoms with Gasteiger partial charge in [0.2, 0.25) is 0 Å². The second-order valence-electron chi connectivity index (χ2n) is 6.28. The molecule has 0 amide bonds. The van der Waals surface area contributed by atoms with E-state index in [1.165, 1.54) is 16.8 Å². The molecule has 1 aliphatic heterocycles. The van der Waals surface area contributed by atoms with E-state index in [9.17, 15) is 0 Å². The number of aromatic nitrogens is 2. The first-order valence-electron chi connectivity index (χ1n) is 8.88. The molecule has 4 rings (SSSR count). The average molecular weight is 346 g/mol. The van der Waals surface area contributed by atoms with E-state index in [0.29, 0.717) is 0 Å². The first-order chi connectivity index (χ1) is 12.8. The molecule has 0 aliphatic carbocycles. The number of nitrogens with one attached hydrogen (secondary N) is 1. The van der Waals surface area contributed by atoms with Crippen LogP contribution < -0.4 is 15.0 Å². The molecule has 26 heavy (non-hydrogen) atoms. The molecule has 2 heterocycles. The van der Waals surface area contributed by atoms with Crippen LogP contribution in [-0.2, 0) is 12.8 Å². The Morgan fingerprint density at radius 1 is 1.08 bits per heavy atom. The van der Waals surface area contributed by atoms with Crippen molar-refractivity contribution < 1.29 is 4.74 Å². The van der Waals surface area contributed by atoms with Crippen LogP contribution >= 0.6 is 0 Å². The molecule has 1 aromatic heterocycles. The zero-order valence-corrected chi connectivity index (χ0v) is 14.9. The highest BCUT2D eigenvalue weighted by Crippen LogP contribution is 2.33. The first-order valence-corrected chi connectivity index (χ1v) is 8.88. The Morgan fingerprint density at radius 3 is 2.85 bits per heavy atom. The summed E-state index contributed by atoms with van der Waals surface area (Å²) in [6.45, 7) is 1.74. The summed E-state index contributed by atoms with van der Waals surface area (Å²) in [6, 6.07) is 18.6. The maximum Gasteiger partial charge on any atom is 0.138 e. The van der Waals surface area contributed by atoms with Crippen LogP contribution in [0.25, 0.3) is 0 Å². The molecule has 0 atom stereocenters. The van der Waals surface area contributed by atoms with Gasteiger partial charge in [-0.05, 0) is 36.1 Å². The van der Waals surface area contributed by atoms with Gasteiger partial charge in [-0.2, -0.15) is 0 Å². The zero-order valence-electron chi connectivity index (χ0n) is 14.9. The van der Waals surface area contributed by atoms with Crippen molar-refractivity contribution in [2.24, 2.45) is 0 Å². The maximum absolute atomic E-state index is 5.41. The Morgan fingerprint density at radius 2 is 1.92 bits per heavy atom. The van der Waals surface area contributed by atoms with E-state index < -0.39 is 0 Å². The van der Waals surface area contributed by atoms with Crippen LogP contribution in [0.3, 0.4) is 0 Å². The van der Waals surface area contributed by atoms with Crippen molar-refractivity contribution in [2.75, 3.05) is 30.4 Å². The number of nitrogens with zero attached hydrogens (tertiary/aromatic N) is 3. The highest BCUT2D eigenvalue weighted by Gasteiger charge is 2.20. The molecule has 0 spiro atoms. The van der Waals surface area contributed by atoms with Crippen LogP contribution in [0.15, 0.2) is 60.9 Å². The lowest BCUT2D eigenvalue weighted by Crippen LogP contribution is -2.16. The third-order valence-electron chi connectivity index (χ3n) is 4.71. The summed E-state index contributed by atoms with van der Waals surface area (Å²) in [6.07, 6.45) is 3.55. The minimum absolute atomic E-state index is 0.785. The molecule has 0 saturated carbocycles. The number of fused-ring (bicyclic) bond motifs is 1. The number of anilines is 3. The molecule has 0 radical (unpaired) electrons. The Kier molecular flexibility index (Phi) is 4.69. The van der Waals surface area contributed by atoms with Gasteiger partial charge in [-0.3, -0.25) is 0 Å². The molecule has 5 heteroatoms. The number of para-hydroxylation sites is 2. The van der Waals surface area contributed by atoms with Crippen LogP contribution in [0.2, 0.25) is 0 Å². The van der Waals surface area contributed by atoms with Gasteiger partial charge in [0, 0.05) is 24.8 Å². The summed E-state index contributed by atoms with van der Waals surface area (Å²) in [5, 5.41) is 3.40. The fourth-order valence-corrected chi connectivity index (χ4v) is 3.40. The Hall–Kier alpha value is -3.08. The number of rotatable bonds is 6. The highest BCUT2D eigenvalue weighted by molar-refractivity contribution is 5.68. The summed E-state index contributed by atoms with van der Waals surface area (Å²) in [5.41, 5.74) is 3.80. The summed E-state index contributed by atoms with van der Waals surface area (Å²) < 4.78 is 5.41. The normalized spacial score (nSPS) is 12.7. The van der Waals surface area contributed by atoms with E-state index in [1.54, 1.807) is 13.4 Å². The van der Waals surface area contributed by atoms with E-state index in [0.717, 1.165) is 43.3 Å². The van der Waals surface area contributed by atoms with Crippen LogP contribution in [-0.4, -0.2) is 30.2 Å². The molecule has 0 unspecified atom stereocenters. The highest BCUT2D eigenvalue weighted by atomic mass is 16.5. The smallest absolute Gasteiger partial charge is 0.138 e. The number of benzene rings is 2. The van der Waals surface area contributed by atoms with Crippen LogP contribution in [0.5, 0.6) is 5.75 Å². The van der Waals surface area contributed by atoms with Crippen molar-refractivity contribution in [2.45, 2.75) is 12.8 Å². The summed E-state index contributed by atoms with van der Waals surface area (Å²) in [7, 11) is 1.71. The quantitative estimate of drug-likeness (QED) is 0.735. The van der Waals surface area contributed by atoms with Gasteiger partial charge < -0.3 is 15.0 Å². The van der Waals surface area contributed by atoms with Gasteiger partial charge in [0.25, 0.3) is 0 Å². The molecule has 2 aromatic carbocycles. The minimum Gasteiger partial charge on any atom is -0.496 e. The van der Waals surface area contributed by atoms with E-state index in [1.807, 2.05) is 24.3 Å². The molecule has 132 valence electrons. The van der Waals surface area contributed by atoms with Gasteiger partial charge in [-0.15, -0.1) is 0 Å². The molecule has 0 bridgehead atoms. The molecule has 0 saturated heterocycles. The average Bonchev–Trinajstić information content (AvgIpc) is 3.13. The minimum atomic E-state index is 0.785. The Bertz CT molecular complexity index is 896. The molecule has 5 nitrogen and oxygen atoms in total. The predicted molar refractivity (Wildman–Crippen MR) is 104 cm³/mol. The monoisotopic (exact) mass is 346 g/mol. The maximum atomic E-state index is 5.41. The van der Waals surface area contributed by atoms with Crippen molar-refractivity contribution in [3.05, 3.63) is 72.1 Å². The van der Waals surface area contributed by atoms with Crippen molar-refractivity contribution >= 4 is 17.3 Å². The van der Waals surface area contributed by atoms with Gasteiger partial charge in [-0.1, -0.05) is 36.4 Å². The lowest BCUT2D eigenvalue weighted by molar-refractivity contribution is 0.410. The third kappa shape index (κ3) is 3.33. The second-order valence-corrected chi connectivity index (χ2v) is 6.28. The standard InChI is InChI=1S/C21H22N4O/c1-26-19-9-5-3-7-17(19)10-12-22-20-14-21(24-15-23-20)25-13-11-16-6-2-4-8-18(16)25/h2-9,14-15H,10-13H2,1H3,(H,22,23,24). The van der Waals surface area contributed by atoms with Gasteiger partial charge in [0.1, 0.15) is 23.7 Å². The van der Waals surface area contributed by atoms with Gasteiger partial charge in [-0.25, -0.2) is 9.97 Å². The Balaban J connectivity index is 1.44. The van der Waals surface area contributed by atoms with Gasteiger partial charge >= 0.3 is 0 Å². The van der Waals surface area contributed by atoms with Crippen LogP contribution in [0.1, 0.15) is 11.1 Å². The summed E-state index contributed by atoms with van der Waals surface area (Å²) >= 11 is 0. The number of ether oxygens (including phenoxy) is 1. The van der Waals surface area contributed by atoms with E-state index in [-0.39, 0.29) is 0 Å². The SMILES string of the molecule is COc1ccccc1CCNc1cc(N2CCc3ccccc32)ncn1. The molecular weight excluding hydrogens is 324 g/mol. The lowest BCUT2D eigenvalue weighted by Gasteiger charge is -2.18.